The number of rotatable bonds is 5. The Bertz CT molecular complexity index is 753. The quantitative estimate of drug-likeness (QED) is 0.876. The number of piperidine rings is 1. The maximum atomic E-state index is 5.51. The monoisotopic (exact) mass is 367 g/mol. The van der Waals surface area contributed by atoms with E-state index in [4.69, 9.17) is 9.72 Å². The van der Waals surface area contributed by atoms with Gasteiger partial charge in [0.1, 0.15) is 11.5 Å². The molecule has 0 spiro atoms. The van der Waals surface area contributed by atoms with Crippen LogP contribution in [0.2, 0.25) is 0 Å². The maximum absolute atomic E-state index is 5.51. The summed E-state index contributed by atoms with van der Waals surface area (Å²) in [4.78, 5) is 16.4. The van der Waals surface area contributed by atoms with Crippen LogP contribution in [0.3, 0.4) is 0 Å². The number of anilines is 1. The van der Waals surface area contributed by atoms with Gasteiger partial charge in [0, 0.05) is 49.7 Å². The van der Waals surface area contributed by atoms with E-state index in [-0.39, 0.29) is 0 Å². The zero-order valence-corrected chi connectivity index (χ0v) is 16.3. The largest absolute Gasteiger partial charge is 0.381 e. The third-order valence-electron chi connectivity index (χ3n) is 5.75. The molecule has 144 valence electrons. The molecule has 2 aliphatic rings. The fraction of sp³-hybridized carbons (Fsp3) is 0.571. The van der Waals surface area contributed by atoms with Crippen LogP contribution in [0, 0.1) is 19.8 Å². The number of nitrogens with one attached hydrogen (secondary N) is 1. The third kappa shape index (κ3) is 4.45. The van der Waals surface area contributed by atoms with E-state index in [9.17, 15) is 0 Å². The van der Waals surface area contributed by atoms with Gasteiger partial charge in [0.25, 0.3) is 0 Å². The molecule has 6 nitrogen and oxygen atoms in total. The van der Waals surface area contributed by atoms with Crippen LogP contribution in [0.25, 0.3) is 11.5 Å². The lowest BCUT2D eigenvalue weighted by atomic mass is 10.0. The SMILES string of the molecule is Cc1nc(-c2ccccn2)nc(NC2CCN(CC3CCOC3)CC2)c1C. The zero-order valence-electron chi connectivity index (χ0n) is 16.3. The van der Waals surface area contributed by atoms with Crippen LogP contribution < -0.4 is 5.32 Å². The Balaban J connectivity index is 1.40. The molecular weight excluding hydrogens is 338 g/mol. The topological polar surface area (TPSA) is 63.2 Å². The van der Waals surface area contributed by atoms with Gasteiger partial charge >= 0.3 is 0 Å². The normalized spacial score (nSPS) is 21.5. The van der Waals surface area contributed by atoms with E-state index in [1.165, 1.54) is 13.0 Å². The van der Waals surface area contributed by atoms with Crippen LogP contribution in [0.4, 0.5) is 5.82 Å². The highest BCUT2D eigenvalue weighted by Gasteiger charge is 2.24. The maximum Gasteiger partial charge on any atom is 0.180 e. The van der Waals surface area contributed by atoms with Crippen molar-refractivity contribution in [1.82, 2.24) is 19.9 Å². The van der Waals surface area contributed by atoms with Crippen molar-refractivity contribution < 1.29 is 4.74 Å². The number of pyridine rings is 1. The van der Waals surface area contributed by atoms with E-state index < -0.39 is 0 Å². The molecule has 1 N–H and O–H groups in total. The molecule has 2 fully saturated rings. The first-order valence-electron chi connectivity index (χ1n) is 10.0. The molecule has 0 aromatic carbocycles. The van der Waals surface area contributed by atoms with Gasteiger partial charge in [-0.2, -0.15) is 0 Å². The first kappa shape index (κ1) is 18.3. The number of nitrogens with zero attached hydrogens (tertiary/aromatic N) is 4. The van der Waals surface area contributed by atoms with Crippen LogP contribution in [-0.4, -0.2) is 58.7 Å². The Morgan fingerprint density at radius 3 is 2.70 bits per heavy atom. The number of hydrogen-bond acceptors (Lipinski definition) is 6. The molecule has 0 aliphatic carbocycles. The molecule has 0 radical (unpaired) electrons. The number of aromatic nitrogens is 3. The van der Waals surface area contributed by atoms with Crippen LogP contribution in [0.5, 0.6) is 0 Å². The van der Waals surface area contributed by atoms with E-state index in [1.807, 2.05) is 25.1 Å². The number of ether oxygens (including phenoxy) is 1. The van der Waals surface area contributed by atoms with Crippen molar-refractivity contribution in [2.75, 3.05) is 38.2 Å². The minimum Gasteiger partial charge on any atom is -0.381 e. The van der Waals surface area contributed by atoms with E-state index >= 15 is 0 Å². The molecule has 0 amide bonds. The highest BCUT2D eigenvalue weighted by molar-refractivity contribution is 5.56. The first-order valence-corrected chi connectivity index (χ1v) is 10.0. The molecule has 1 unspecified atom stereocenters. The van der Waals surface area contributed by atoms with Crippen molar-refractivity contribution in [2.45, 2.75) is 39.2 Å². The Morgan fingerprint density at radius 2 is 2.00 bits per heavy atom. The second-order valence-corrected chi connectivity index (χ2v) is 7.77. The van der Waals surface area contributed by atoms with Crippen molar-refractivity contribution in [2.24, 2.45) is 5.92 Å². The van der Waals surface area contributed by atoms with Crippen LogP contribution >= 0.6 is 0 Å². The summed E-state index contributed by atoms with van der Waals surface area (Å²) in [5.74, 6) is 2.37. The Labute approximate surface area is 161 Å². The van der Waals surface area contributed by atoms with E-state index in [0.717, 1.165) is 67.8 Å². The summed E-state index contributed by atoms with van der Waals surface area (Å²) in [5, 5.41) is 3.68. The van der Waals surface area contributed by atoms with Crippen molar-refractivity contribution >= 4 is 5.82 Å². The number of aryl methyl sites for hydroxylation is 1. The fourth-order valence-corrected chi connectivity index (χ4v) is 3.92. The molecule has 1 atom stereocenters. The molecule has 4 heterocycles. The molecule has 27 heavy (non-hydrogen) atoms. The predicted octanol–water partition coefficient (Wildman–Crippen LogP) is 3.07. The van der Waals surface area contributed by atoms with Crippen molar-refractivity contribution in [1.29, 1.82) is 0 Å². The van der Waals surface area contributed by atoms with Crippen molar-refractivity contribution in [3.05, 3.63) is 35.7 Å². The number of hydrogen-bond donors (Lipinski definition) is 1. The molecule has 2 aliphatic heterocycles. The van der Waals surface area contributed by atoms with E-state index in [2.05, 4.69) is 27.1 Å². The standard InChI is InChI=1S/C21H29N5O/c1-15-16(2)23-21(19-5-3-4-9-22-19)25-20(15)24-18-6-10-26(11-7-18)13-17-8-12-27-14-17/h3-5,9,17-18H,6-8,10-14H2,1-2H3,(H,23,24,25). The van der Waals surface area contributed by atoms with Crippen LogP contribution in [0.1, 0.15) is 30.5 Å². The van der Waals surface area contributed by atoms with Crippen LogP contribution in [0.15, 0.2) is 24.4 Å². The second kappa shape index (κ2) is 8.31. The molecular formula is C21H29N5O. The van der Waals surface area contributed by atoms with Gasteiger partial charge in [-0.1, -0.05) is 6.07 Å². The summed E-state index contributed by atoms with van der Waals surface area (Å²) >= 11 is 0. The van der Waals surface area contributed by atoms with Gasteiger partial charge in [0.15, 0.2) is 5.82 Å². The van der Waals surface area contributed by atoms with Crippen molar-refractivity contribution in [3.63, 3.8) is 0 Å². The highest BCUT2D eigenvalue weighted by atomic mass is 16.5. The number of likely N-dealkylation sites (tertiary alicyclic amines) is 1. The summed E-state index contributed by atoms with van der Waals surface area (Å²) < 4.78 is 5.51. The van der Waals surface area contributed by atoms with E-state index in [1.54, 1.807) is 6.20 Å². The molecule has 2 saturated heterocycles. The summed E-state index contributed by atoms with van der Waals surface area (Å²) in [7, 11) is 0. The second-order valence-electron chi connectivity index (χ2n) is 7.77. The van der Waals surface area contributed by atoms with E-state index in [0.29, 0.717) is 11.9 Å². The minimum atomic E-state index is 0.464. The average Bonchev–Trinajstić information content (AvgIpc) is 3.20. The molecule has 2 aromatic rings. The Morgan fingerprint density at radius 1 is 1.15 bits per heavy atom. The highest BCUT2D eigenvalue weighted by Crippen LogP contribution is 2.24. The smallest absolute Gasteiger partial charge is 0.180 e. The predicted molar refractivity (Wildman–Crippen MR) is 107 cm³/mol. The Kier molecular flexibility index (Phi) is 5.64. The third-order valence-corrected chi connectivity index (χ3v) is 5.75. The lowest BCUT2D eigenvalue weighted by Gasteiger charge is -2.34. The lowest BCUT2D eigenvalue weighted by Crippen LogP contribution is -2.41. The van der Waals surface area contributed by atoms with Crippen LogP contribution in [-0.2, 0) is 4.74 Å². The Hall–Kier alpha value is -2.05. The minimum absolute atomic E-state index is 0.464. The van der Waals surface area contributed by atoms with Gasteiger partial charge < -0.3 is 15.0 Å². The van der Waals surface area contributed by atoms with Gasteiger partial charge in [-0.25, -0.2) is 9.97 Å². The van der Waals surface area contributed by atoms with Gasteiger partial charge in [0.2, 0.25) is 0 Å². The molecule has 0 bridgehead atoms. The first-order chi connectivity index (χ1) is 13.2. The summed E-state index contributed by atoms with van der Waals surface area (Å²) in [5.41, 5.74) is 2.95. The summed E-state index contributed by atoms with van der Waals surface area (Å²) in [6, 6.07) is 6.30. The summed E-state index contributed by atoms with van der Waals surface area (Å²) in [6.07, 6.45) is 5.30. The fourth-order valence-electron chi connectivity index (χ4n) is 3.92. The molecule has 2 aromatic heterocycles. The molecule has 0 saturated carbocycles. The van der Waals surface area contributed by atoms with Gasteiger partial charge in [-0.3, -0.25) is 4.98 Å². The average molecular weight is 367 g/mol. The molecule has 4 rings (SSSR count). The van der Waals surface area contributed by atoms with Gasteiger partial charge in [0.05, 0.1) is 6.61 Å². The van der Waals surface area contributed by atoms with Gasteiger partial charge in [-0.15, -0.1) is 0 Å². The summed E-state index contributed by atoms with van der Waals surface area (Å²) in [6.45, 7) is 9.48. The lowest BCUT2D eigenvalue weighted by molar-refractivity contribution is 0.154. The zero-order chi connectivity index (χ0) is 18.6. The van der Waals surface area contributed by atoms with Gasteiger partial charge in [-0.05, 0) is 51.2 Å². The molecule has 6 heteroatoms. The van der Waals surface area contributed by atoms with Crippen molar-refractivity contribution in [3.8, 4) is 11.5 Å².